The van der Waals surface area contributed by atoms with Crippen molar-refractivity contribution in [2.24, 2.45) is 0 Å². The van der Waals surface area contributed by atoms with Crippen LogP contribution in [0.4, 0.5) is 10.7 Å². The number of rotatable bonds is 3. The lowest BCUT2D eigenvalue weighted by molar-refractivity contribution is 0.0520. The summed E-state index contributed by atoms with van der Waals surface area (Å²) >= 11 is 0. The van der Waals surface area contributed by atoms with Gasteiger partial charge in [0, 0.05) is 13.1 Å². The van der Waals surface area contributed by atoms with Crippen LogP contribution < -0.4 is 10.6 Å². The Morgan fingerprint density at radius 2 is 2.12 bits per heavy atom. The first-order valence-corrected chi connectivity index (χ1v) is 5.14. The molecule has 1 aromatic rings. The van der Waals surface area contributed by atoms with Gasteiger partial charge in [-0.05, 0) is 26.8 Å². The zero-order valence-corrected chi connectivity index (χ0v) is 10.1. The van der Waals surface area contributed by atoms with E-state index in [2.05, 4.69) is 10.6 Å². The highest BCUT2D eigenvalue weighted by Crippen LogP contribution is 2.12. The summed E-state index contributed by atoms with van der Waals surface area (Å²) in [6.45, 7) is 5.77. The Labute approximate surface area is 95.2 Å². The highest BCUT2D eigenvalue weighted by atomic mass is 16.6. The molecule has 0 spiro atoms. The van der Waals surface area contributed by atoms with Gasteiger partial charge in [-0.1, -0.05) is 0 Å². The number of carbonyl (C=O) groups excluding carboxylic acids is 1. The van der Waals surface area contributed by atoms with Crippen LogP contribution in [0.5, 0.6) is 0 Å². The molecule has 1 heterocycles. The molecule has 5 nitrogen and oxygen atoms in total. The number of hydrogen-bond acceptors (Lipinski definition) is 4. The van der Waals surface area contributed by atoms with Crippen molar-refractivity contribution in [1.82, 2.24) is 5.32 Å². The third kappa shape index (κ3) is 4.25. The summed E-state index contributed by atoms with van der Waals surface area (Å²) in [4.78, 5) is 11.3. The van der Waals surface area contributed by atoms with Crippen LogP contribution in [0.15, 0.2) is 16.5 Å². The zero-order valence-electron chi connectivity index (χ0n) is 10.1. The third-order valence-corrected chi connectivity index (χ3v) is 1.71. The van der Waals surface area contributed by atoms with Gasteiger partial charge in [0.25, 0.3) is 0 Å². The number of ether oxygens (including phenoxy) is 1. The fourth-order valence-electron chi connectivity index (χ4n) is 1.08. The summed E-state index contributed by atoms with van der Waals surface area (Å²) in [5.41, 5.74) is -0.483. The minimum Gasteiger partial charge on any atom is -0.444 e. The molecular formula is C11H18N2O3. The van der Waals surface area contributed by atoms with Crippen molar-refractivity contribution in [2.45, 2.75) is 32.9 Å². The number of furan rings is 1. The number of nitrogens with one attached hydrogen (secondary N) is 2. The number of hydrogen-bond donors (Lipinski definition) is 2. The summed E-state index contributed by atoms with van der Waals surface area (Å²) in [6, 6.07) is 3.59. The normalized spacial score (nSPS) is 11.0. The Kier molecular flexibility index (Phi) is 3.82. The van der Waals surface area contributed by atoms with E-state index in [9.17, 15) is 4.79 Å². The van der Waals surface area contributed by atoms with Gasteiger partial charge in [-0.3, -0.25) is 0 Å². The molecule has 0 aliphatic heterocycles. The van der Waals surface area contributed by atoms with Gasteiger partial charge < -0.3 is 19.8 Å². The number of anilines is 1. The van der Waals surface area contributed by atoms with Gasteiger partial charge in [-0.25, -0.2) is 4.79 Å². The van der Waals surface area contributed by atoms with Gasteiger partial charge in [-0.2, -0.15) is 0 Å². The summed E-state index contributed by atoms with van der Waals surface area (Å²) in [7, 11) is 1.77. The van der Waals surface area contributed by atoms with E-state index in [1.165, 1.54) is 0 Å². The minimum atomic E-state index is -0.483. The van der Waals surface area contributed by atoms with Crippen molar-refractivity contribution in [2.75, 3.05) is 12.4 Å². The summed E-state index contributed by atoms with van der Waals surface area (Å²) in [6.07, 6.45) is -0.449. The molecule has 0 aliphatic rings. The van der Waals surface area contributed by atoms with Crippen LogP contribution in [0, 0.1) is 0 Å². The molecule has 0 unspecified atom stereocenters. The Hall–Kier alpha value is -1.65. The lowest BCUT2D eigenvalue weighted by atomic mass is 10.2. The maximum Gasteiger partial charge on any atom is 0.408 e. The van der Waals surface area contributed by atoms with Gasteiger partial charge in [-0.15, -0.1) is 0 Å². The van der Waals surface area contributed by atoms with E-state index < -0.39 is 11.7 Å². The molecule has 0 bridgehead atoms. The maximum atomic E-state index is 11.3. The van der Waals surface area contributed by atoms with E-state index in [0.29, 0.717) is 18.2 Å². The topological polar surface area (TPSA) is 63.5 Å². The third-order valence-electron chi connectivity index (χ3n) is 1.71. The molecule has 2 N–H and O–H groups in total. The largest absolute Gasteiger partial charge is 0.444 e. The SMILES string of the molecule is CNc1ccc(CNC(=O)OC(C)(C)C)o1. The molecule has 0 saturated heterocycles. The standard InChI is InChI=1S/C11H18N2O3/c1-11(2,3)16-10(14)13-7-8-5-6-9(12-4)15-8/h5-6,12H,7H2,1-4H3,(H,13,14). The molecule has 0 saturated carbocycles. The average Bonchev–Trinajstić information content (AvgIpc) is 2.59. The van der Waals surface area contributed by atoms with E-state index in [4.69, 9.17) is 9.15 Å². The van der Waals surface area contributed by atoms with E-state index in [1.54, 1.807) is 19.2 Å². The van der Waals surface area contributed by atoms with E-state index >= 15 is 0 Å². The van der Waals surface area contributed by atoms with Crippen LogP contribution in [-0.2, 0) is 11.3 Å². The molecule has 0 aromatic carbocycles. The average molecular weight is 226 g/mol. The molecule has 0 aliphatic carbocycles. The number of amides is 1. The zero-order chi connectivity index (χ0) is 12.2. The molecular weight excluding hydrogens is 208 g/mol. The molecule has 1 aromatic heterocycles. The van der Waals surface area contributed by atoms with Crippen molar-refractivity contribution in [3.63, 3.8) is 0 Å². The Morgan fingerprint density at radius 1 is 1.44 bits per heavy atom. The van der Waals surface area contributed by atoms with E-state index in [0.717, 1.165) is 0 Å². The van der Waals surface area contributed by atoms with E-state index in [1.807, 2.05) is 20.8 Å². The van der Waals surface area contributed by atoms with Gasteiger partial charge in [0.15, 0.2) is 5.88 Å². The lowest BCUT2D eigenvalue weighted by Crippen LogP contribution is -2.32. The molecule has 0 fully saturated rings. The maximum absolute atomic E-state index is 11.3. The minimum absolute atomic E-state index is 0.316. The molecule has 0 atom stereocenters. The van der Waals surface area contributed by atoms with Crippen LogP contribution in [0.25, 0.3) is 0 Å². The van der Waals surface area contributed by atoms with Crippen molar-refractivity contribution in [1.29, 1.82) is 0 Å². The second-order valence-corrected chi connectivity index (χ2v) is 4.37. The van der Waals surface area contributed by atoms with Gasteiger partial charge in [0.05, 0.1) is 6.54 Å². The lowest BCUT2D eigenvalue weighted by Gasteiger charge is -2.19. The Bertz CT molecular complexity index is 352. The molecule has 1 amide bonds. The highest BCUT2D eigenvalue weighted by Gasteiger charge is 2.15. The second kappa shape index (κ2) is 4.92. The fraction of sp³-hybridized carbons (Fsp3) is 0.545. The Balaban J connectivity index is 2.37. The van der Waals surface area contributed by atoms with Crippen LogP contribution in [0.2, 0.25) is 0 Å². The van der Waals surface area contributed by atoms with E-state index in [-0.39, 0.29) is 0 Å². The first-order valence-electron chi connectivity index (χ1n) is 5.14. The molecule has 5 heteroatoms. The quantitative estimate of drug-likeness (QED) is 0.830. The summed E-state index contributed by atoms with van der Waals surface area (Å²) < 4.78 is 10.4. The van der Waals surface area contributed by atoms with Crippen LogP contribution >= 0.6 is 0 Å². The van der Waals surface area contributed by atoms with Gasteiger partial charge in [0.2, 0.25) is 0 Å². The Morgan fingerprint density at radius 3 is 2.62 bits per heavy atom. The predicted molar refractivity (Wildman–Crippen MR) is 61.3 cm³/mol. The van der Waals surface area contributed by atoms with Crippen molar-refractivity contribution < 1.29 is 13.9 Å². The van der Waals surface area contributed by atoms with Crippen molar-refractivity contribution in [3.8, 4) is 0 Å². The van der Waals surface area contributed by atoms with Gasteiger partial charge >= 0.3 is 6.09 Å². The number of alkyl carbamates (subject to hydrolysis) is 1. The smallest absolute Gasteiger partial charge is 0.408 e. The first kappa shape index (κ1) is 12.4. The molecule has 16 heavy (non-hydrogen) atoms. The summed E-state index contributed by atoms with van der Waals surface area (Å²) in [5, 5.41) is 5.47. The predicted octanol–water partition coefficient (Wildman–Crippen LogP) is 2.35. The summed E-state index contributed by atoms with van der Waals surface area (Å²) in [5.74, 6) is 1.34. The molecule has 90 valence electrons. The first-order chi connectivity index (χ1) is 7.40. The highest BCUT2D eigenvalue weighted by molar-refractivity contribution is 5.67. The number of carbonyl (C=O) groups is 1. The molecule has 1 rings (SSSR count). The van der Waals surface area contributed by atoms with Crippen LogP contribution in [-0.4, -0.2) is 18.7 Å². The van der Waals surface area contributed by atoms with Crippen molar-refractivity contribution in [3.05, 3.63) is 17.9 Å². The van der Waals surface area contributed by atoms with Crippen LogP contribution in [0.1, 0.15) is 26.5 Å². The van der Waals surface area contributed by atoms with Crippen LogP contribution in [0.3, 0.4) is 0 Å². The fourth-order valence-corrected chi connectivity index (χ4v) is 1.08. The second-order valence-electron chi connectivity index (χ2n) is 4.37. The monoisotopic (exact) mass is 226 g/mol. The van der Waals surface area contributed by atoms with Crippen molar-refractivity contribution >= 4 is 12.0 Å². The van der Waals surface area contributed by atoms with Gasteiger partial charge in [0.1, 0.15) is 11.4 Å². The molecule has 0 radical (unpaired) electrons.